The number of benzene rings is 1. The van der Waals surface area contributed by atoms with E-state index in [4.69, 9.17) is 21.1 Å². The fourth-order valence-electron chi connectivity index (χ4n) is 1.52. The Morgan fingerprint density at radius 1 is 1.38 bits per heavy atom. The largest absolute Gasteiger partial charge is 0.432 e. The summed E-state index contributed by atoms with van der Waals surface area (Å²) in [7, 11) is 1.45. The summed E-state index contributed by atoms with van der Waals surface area (Å²) in [6.45, 7) is 0.0996. The van der Waals surface area contributed by atoms with Crippen molar-refractivity contribution in [3.63, 3.8) is 0 Å². The molecule has 1 aromatic heterocycles. The number of hydrogen-bond donors (Lipinski definition) is 0. The van der Waals surface area contributed by atoms with E-state index < -0.39 is 16.4 Å². The van der Waals surface area contributed by atoms with Gasteiger partial charge < -0.3 is 9.47 Å². The SMILES string of the molecule is COCc1nc(Cl)cc(Oc2ccc(F)cc2[N+](=O)[O-])n1. The molecule has 0 saturated carbocycles. The summed E-state index contributed by atoms with van der Waals surface area (Å²) in [6.07, 6.45) is 0. The Hall–Kier alpha value is -2.32. The summed E-state index contributed by atoms with van der Waals surface area (Å²) >= 11 is 5.80. The zero-order valence-corrected chi connectivity index (χ0v) is 11.5. The summed E-state index contributed by atoms with van der Waals surface area (Å²) < 4.78 is 23.2. The second-order valence-electron chi connectivity index (χ2n) is 3.85. The van der Waals surface area contributed by atoms with Crippen molar-refractivity contribution in [3.05, 3.63) is 51.2 Å². The molecule has 0 aliphatic heterocycles. The molecular weight excluding hydrogens is 305 g/mol. The fraction of sp³-hybridized carbons (Fsp3) is 0.167. The van der Waals surface area contributed by atoms with Crippen LogP contribution in [-0.4, -0.2) is 22.0 Å². The number of nitro benzene ring substituents is 1. The second-order valence-corrected chi connectivity index (χ2v) is 4.24. The average Bonchev–Trinajstić information content (AvgIpc) is 2.40. The van der Waals surface area contributed by atoms with Crippen LogP contribution < -0.4 is 4.74 Å². The number of methoxy groups -OCH3 is 1. The zero-order chi connectivity index (χ0) is 15.4. The molecule has 0 unspecified atom stereocenters. The highest BCUT2D eigenvalue weighted by molar-refractivity contribution is 6.29. The first-order valence-corrected chi connectivity index (χ1v) is 6.01. The van der Waals surface area contributed by atoms with Gasteiger partial charge in [0.2, 0.25) is 11.6 Å². The van der Waals surface area contributed by atoms with Crippen molar-refractivity contribution in [1.82, 2.24) is 9.97 Å². The second kappa shape index (κ2) is 6.42. The van der Waals surface area contributed by atoms with E-state index in [2.05, 4.69) is 9.97 Å². The van der Waals surface area contributed by atoms with Crippen LogP contribution in [0.2, 0.25) is 5.15 Å². The maximum Gasteiger partial charge on any atom is 0.314 e. The molecule has 110 valence electrons. The van der Waals surface area contributed by atoms with Crippen LogP contribution in [0.4, 0.5) is 10.1 Å². The molecule has 0 radical (unpaired) electrons. The predicted octanol–water partition coefficient (Wildman–Crippen LogP) is 3.12. The van der Waals surface area contributed by atoms with E-state index in [-0.39, 0.29) is 29.2 Å². The normalized spacial score (nSPS) is 10.4. The van der Waals surface area contributed by atoms with Crippen LogP contribution in [0.1, 0.15) is 5.82 Å². The van der Waals surface area contributed by atoms with Crippen LogP contribution in [0.25, 0.3) is 0 Å². The predicted molar refractivity (Wildman–Crippen MR) is 70.9 cm³/mol. The van der Waals surface area contributed by atoms with Gasteiger partial charge in [-0.1, -0.05) is 11.6 Å². The van der Waals surface area contributed by atoms with Gasteiger partial charge in [0.25, 0.3) is 0 Å². The summed E-state index contributed by atoms with van der Waals surface area (Å²) in [5.41, 5.74) is -0.516. The van der Waals surface area contributed by atoms with E-state index in [0.717, 1.165) is 18.2 Å². The van der Waals surface area contributed by atoms with E-state index in [1.165, 1.54) is 13.2 Å². The Morgan fingerprint density at radius 3 is 2.81 bits per heavy atom. The highest BCUT2D eigenvalue weighted by Gasteiger charge is 2.18. The van der Waals surface area contributed by atoms with Gasteiger partial charge in [0, 0.05) is 13.2 Å². The Labute approximate surface area is 123 Å². The third kappa shape index (κ3) is 3.83. The van der Waals surface area contributed by atoms with Crippen LogP contribution in [0.15, 0.2) is 24.3 Å². The molecule has 0 spiro atoms. The van der Waals surface area contributed by atoms with E-state index in [1.54, 1.807) is 0 Å². The summed E-state index contributed by atoms with van der Waals surface area (Å²) in [4.78, 5) is 18.0. The quantitative estimate of drug-likeness (QED) is 0.479. The third-order valence-electron chi connectivity index (χ3n) is 2.32. The Balaban J connectivity index is 2.36. The number of nitrogens with zero attached hydrogens (tertiary/aromatic N) is 3. The smallest absolute Gasteiger partial charge is 0.314 e. The lowest BCUT2D eigenvalue weighted by molar-refractivity contribution is -0.385. The van der Waals surface area contributed by atoms with Crippen molar-refractivity contribution in [3.8, 4) is 11.6 Å². The lowest BCUT2D eigenvalue weighted by Crippen LogP contribution is -2.00. The number of aromatic nitrogens is 2. The number of halogens is 2. The van der Waals surface area contributed by atoms with Gasteiger partial charge in [-0.05, 0) is 12.1 Å². The molecular formula is C12H9ClFN3O4. The van der Waals surface area contributed by atoms with Crippen LogP contribution in [0.3, 0.4) is 0 Å². The standard InChI is InChI=1S/C12H9ClFN3O4/c1-20-6-11-15-10(13)5-12(16-11)21-9-3-2-7(14)4-8(9)17(18)19/h2-5H,6H2,1H3. The number of rotatable bonds is 5. The molecule has 1 heterocycles. The molecule has 0 aliphatic rings. The third-order valence-corrected chi connectivity index (χ3v) is 2.52. The van der Waals surface area contributed by atoms with E-state index in [9.17, 15) is 14.5 Å². The summed E-state index contributed by atoms with van der Waals surface area (Å²) in [6, 6.07) is 4.22. The van der Waals surface area contributed by atoms with E-state index >= 15 is 0 Å². The topological polar surface area (TPSA) is 87.4 Å². The van der Waals surface area contributed by atoms with Crippen LogP contribution in [0, 0.1) is 15.9 Å². The Bertz CT molecular complexity index is 684. The van der Waals surface area contributed by atoms with Crippen molar-refractivity contribution in [2.45, 2.75) is 6.61 Å². The first-order valence-electron chi connectivity index (χ1n) is 5.64. The maximum atomic E-state index is 13.1. The highest BCUT2D eigenvalue weighted by atomic mass is 35.5. The van der Waals surface area contributed by atoms with Gasteiger partial charge in [-0.15, -0.1) is 0 Å². The van der Waals surface area contributed by atoms with Crippen molar-refractivity contribution >= 4 is 17.3 Å². The van der Waals surface area contributed by atoms with Crippen LogP contribution >= 0.6 is 11.6 Å². The molecule has 21 heavy (non-hydrogen) atoms. The lowest BCUT2D eigenvalue weighted by atomic mass is 10.3. The minimum Gasteiger partial charge on any atom is -0.432 e. The molecule has 0 N–H and O–H groups in total. The van der Waals surface area contributed by atoms with Gasteiger partial charge in [-0.2, -0.15) is 4.98 Å². The monoisotopic (exact) mass is 313 g/mol. The van der Waals surface area contributed by atoms with Gasteiger partial charge in [0.05, 0.1) is 11.0 Å². The average molecular weight is 314 g/mol. The lowest BCUT2D eigenvalue weighted by Gasteiger charge is -2.07. The number of nitro groups is 1. The molecule has 0 saturated heterocycles. The molecule has 1 aromatic carbocycles. The molecule has 2 aromatic rings. The first-order chi connectivity index (χ1) is 9.99. The van der Waals surface area contributed by atoms with Crippen molar-refractivity contribution in [1.29, 1.82) is 0 Å². The number of ether oxygens (including phenoxy) is 2. The fourth-order valence-corrected chi connectivity index (χ4v) is 1.71. The van der Waals surface area contributed by atoms with Crippen molar-refractivity contribution < 1.29 is 18.8 Å². The van der Waals surface area contributed by atoms with Crippen molar-refractivity contribution in [2.75, 3.05) is 7.11 Å². The number of hydrogen-bond acceptors (Lipinski definition) is 6. The Morgan fingerprint density at radius 2 is 2.14 bits per heavy atom. The van der Waals surface area contributed by atoms with Gasteiger partial charge in [0.1, 0.15) is 17.6 Å². The molecule has 0 amide bonds. The van der Waals surface area contributed by atoms with Gasteiger partial charge in [0.15, 0.2) is 5.82 Å². The molecule has 0 fully saturated rings. The van der Waals surface area contributed by atoms with E-state index in [1.807, 2.05) is 0 Å². The van der Waals surface area contributed by atoms with Crippen LogP contribution in [0.5, 0.6) is 11.6 Å². The van der Waals surface area contributed by atoms with E-state index in [0.29, 0.717) is 0 Å². The zero-order valence-electron chi connectivity index (χ0n) is 10.7. The van der Waals surface area contributed by atoms with Crippen LogP contribution in [-0.2, 0) is 11.3 Å². The molecule has 0 bridgehead atoms. The minimum atomic E-state index is -0.753. The molecule has 2 rings (SSSR count). The van der Waals surface area contributed by atoms with Gasteiger partial charge in [-0.3, -0.25) is 10.1 Å². The summed E-state index contributed by atoms with van der Waals surface area (Å²) in [5, 5.41) is 11.0. The van der Waals surface area contributed by atoms with Gasteiger partial charge >= 0.3 is 5.69 Å². The molecule has 7 nitrogen and oxygen atoms in total. The molecule has 0 aliphatic carbocycles. The highest BCUT2D eigenvalue weighted by Crippen LogP contribution is 2.31. The van der Waals surface area contributed by atoms with Crippen molar-refractivity contribution in [2.24, 2.45) is 0 Å². The summed E-state index contributed by atoms with van der Waals surface area (Å²) in [5.74, 6) is -0.643. The Kier molecular flexibility index (Phi) is 4.61. The minimum absolute atomic E-state index is 0.00300. The first kappa shape index (κ1) is 15.1. The molecule has 0 atom stereocenters. The molecule has 9 heteroatoms. The maximum absolute atomic E-state index is 13.1. The van der Waals surface area contributed by atoms with Gasteiger partial charge in [-0.25, -0.2) is 9.37 Å².